The van der Waals surface area contributed by atoms with E-state index in [0.29, 0.717) is 18.8 Å². The van der Waals surface area contributed by atoms with Crippen LogP contribution >= 0.6 is 0 Å². The molecule has 0 bridgehead atoms. The van der Waals surface area contributed by atoms with Gasteiger partial charge in [0.05, 0.1) is 13.1 Å². The monoisotopic (exact) mass is 385 g/mol. The minimum absolute atomic E-state index is 0.151. The number of benzene rings is 2. The van der Waals surface area contributed by atoms with Gasteiger partial charge in [0, 0.05) is 12.2 Å². The maximum absolute atomic E-state index is 12.8. The van der Waals surface area contributed by atoms with Gasteiger partial charge < -0.3 is 15.4 Å². The number of halogens is 1. The van der Waals surface area contributed by atoms with Gasteiger partial charge in [-0.1, -0.05) is 24.8 Å². The quantitative estimate of drug-likeness (QED) is 0.617. The minimum atomic E-state index is -0.381. The van der Waals surface area contributed by atoms with Crippen LogP contribution < -0.4 is 15.4 Å². The van der Waals surface area contributed by atoms with E-state index in [9.17, 15) is 14.0 Å². The first kappa shape index (κ1) is 21.1. The molecule has 148 valence electrons. The molecule has 2 rings (SSSR count). The second kappa shape index (κ2) is 10.8. The van der Waals surface area contributed by atoms with E-state index in [4.69, 9.17) is 4.74 Å². The number of nitrogens with one attached hydrogen (secondary N) is 2. The highest BCUT2D eigenvalue weighted by atomic mass is 19.1. The molecule has 0 saturated heterocycles. The van der Waals surface area contributed by atoms with Crippen LogP contribution in [0.1, 0.15) is 5.56 Å². The largest absolute Gasteiger partial charge is 0.490 e. The summed E-state index contributed by atoms with van der Waals surface area (Å²) < 4.78 is 18.3. The van der Waals surface area contributed by atoms with Crippen molar-refractivity contribution in [1.29, 1.82) is 0 Å². The van der Waals surface area contributed by atoms with Crippen molar-refractivity contribution in [1.82, 2.24) is 10.2 Å². The number of nitrogens with zero attached hydrogens (tertiary/aromatic N) is 1. The van der Waals surface area contributed by atoms with Gasteiger partial charge in [-0.05, 0) is 49.0 Å². The van der Waals surface area contributed by atoms with E-state index >= 15 is 0 Å². The van der Waals surface area contributed by atoms with Gasteiger partial charge in [-0.3, -0.25) is 14.5 Å². The zero-order valence-corrected chi connectivity index (χ0v) is 15.8. The molecule has 2 aromatic carbocycles. The fourth-order valence-corrected chi connectivity index (χ4v) is 2.43. The second-order valence-corrected chi connectivity index (χ2v) is 6.25. The highest BCUT2D eigenvalue weighted by molar-refractivity contribution is 5.94. The Morgan fingerprint density at radius 3 is 2.43 bits per heavy atom. The van der Waals surface area contributed by atoms with Crippen LogP contribution in [0.3, 0.4) is 0 Å². The van der Waals surface area contributed by atoms with Crippen molar-refractivity contribution >= 4 is 17.5 Å². The van der Waals surface area contributed by atoms with Crippen molar-refractivity contribution < 1.29 is 18.7 Å². The molecule has 0 spiro atoms. The molecule has 0 atom stereocenters. The van der Waals surface area contributed by atoms with Crippen LogP contribution in [-0.2, 0) is 16.1 Å². The number of anilines is 1. The van der Waals surface area contributed by atoms with Crippen LogP contribution in [-0.4, -0.2) is 43.5 Å². The lowest BCUT2D eigenvalue weighted by Gasteiger charge is -2.16. The third-order valence-electron chi connectivity index (χ3n) is 3.73. The van der Waals surface area contributed by atoms with Crippen molar-refractivity contribution in [3.63, 3.8) is 0 Å². The van der Waals surface area contributed by atoms with Crippen molar-refractivity contribution in [3.05, 3.63) is 72.6 Å². The summed E-state index contributed by atoms with van der Waals surface area (Å²) in [6.45, 7) is 4.63. The van der Waals surface area contributed by atoms with Crippen molar-refractivity contribution in [2.24, 2.45) is 0 Å². The molecule has 6 nitrogen and oxygen atoms in total. The number of amides is 2. The van der Waals surface area contributed by atoms with E-state index in [0.717, 1.165) is 11.3 Å². The zero-order valence-electron chi connectivity index (χ0n) is 15.8. The highest BCUT2D eigenvalue weighted by Gasteiger charge is 2.09. The van der Waals surface area contributed by atoms with E-state index in [1.54, 1.807) is 6.08 Å². The predicted molar refractivity (Wildman–Crippen MR) is 107 cm³/mol. The van der Waals surface area contributed by atoms with Crippen LogP contribution in [0.2, 0.25) is 0 Å². The molecular formula is C21H24FN3O3. The number of hydrogen-bond donors (Lipinski definition) is 2. The van der Waals surface area contributed by atoms with Crippen molar-refractivity contribution in [2.45, 2.75) is 6.54 Å². The molecule has 2 N–H and O–H groups in total. The van der Waals surface area contributed by atoms with E-state index in [-0.39, 0.29) is 30.7 Å². The molecule has 2 aromatic rings. The molecule has 0 heterocycles. The maximum Gasteiger partial charge on any atom is 0.243 e. The van der Waals surface area contributed by atoms with E-state index < -0.39 is 0 Å². The first-order chi connectivity index (χ1) is 13.5. The lowest BCUT2D eigenvalue weighted by molar-refractivity contribution is -0.124. The average molecular weight is 385 g/mol. The van der Waals surface area contributed by atoms with Crippen LogP contribution in [0.25, 0.3) is 0 Å². The molecule has 0 saturated carbocycles. The Morgan fingerprint density at radius 2 is 1.79 bits per heavy atom. The Morgan fingerprint density at radius 1 is 1.11 bits per heavy atom. The molecule has 0 aromatic heterocycles. The molecule has 0 aliphatic heterocycles. The van der Waals surface area contributed by atoms with Gasteiger partial charge in [0.25, 0.3) is 0 Å². The summed E-state index contributed by atoms with van der Waals surface area (Å²) in [6, 6.07) is 13.0. The van der Waals surface area contributed by atoms with E-state index in [2.05, 4.69) is 17.2 Å². The fourth-order valence-electron chi connectivity index (χ4n) is 2.43. The summed E-state index contributed by atoms with van der Waals surface area (Å²) in [5, 5.41) is 5.15. The van der Waals surface area contributed by atoms with Crippen LogP contribution in [0, 0.1) is 5.82 Å². The average Bonchev–Trinajstić information content (AvgIpc) is 2.67. The van der Waals surface area contributed by atoms with Crippen LogP contribution in [0.5, 0.6) is 5.75 Å². The van der Waals surface area contributed by atoms with Gasteiger partial charge in [0.1, 0.15) is 18.2 Å². The normalized spacial score (nSPS) is 10.4. The SMILES string of the molecule is C=CCOc1ccc(CN(C)CC(=O)NCC(=O)Nc2ccc(F)cc2)cc1. The maximum atomic E-state index is 12.8. The smallest absolute Gasteiger partial charge is 0.243 e. The van der Waals surface area contributed by atoms with Crippen molar-refractivity contribution in [2.75, 3.05) is 32.1 Å². The number of likely N-dealkylation sites (N-methyl/N-ethyl adjacent to an activating group) is 1. The highest BCUT2D eigenvalue weighted by Crippen LogP contribution is 2.13. The third kappa shape index (κ3) is 7.59. The Labute approximate surface area is 164 Å². The van der Waals surface area contributed by atoms with Gasteiger partial charge in [0.15, 0.2) is 0 Å². The molecular weight excluding hydrogens is 361 g/mol. The Hall–Kier alpha value is -3.19. The number of carbonyl (C=O) groups is 2. The second-order valence-electron chi connectivity index (χ2n) is 6.25. The number of rotatable bonds is 10. The lowest BCUT2D eigenvalue weighted by atomic mass is 10.2. The summed E-state index contributed by atoms with van der Waals surface area (Å²) in [6.07, 6.45) is 1.68. The first-order valence-electron chi connectivity index (χ1n) is 8.79. The van der Waals surface area contributed by atoms with Gasteiger partial charge in [0.2, 0.25) is 11.8 Å². The molecule has 0 aliphatic carbocycles. The summed E-state index contributed by atoms with van der Waals surface area (Å²) in [5.41, 5.74) is 1.51. The molecule has 0 fully saturated rings. The standard InChI is InChI=1S/C21H24FN3O3/c1-3-12-28-19-10-4-16(5-11-19)14-25(2)15-21(27)23-13-20(26)24-18-8-6-17(22)7-9-18/h3-11H,1,12-15H2,2H3,(H,23,27)(H,24,26). The summed E-state index contributed by atoms with van der Waals surface area (Å²) in [5.74, 6) is -0.259. The fraction of sp³-hybridized carbons (Fsp3) is 0.238. The zero-order chi connectivity index (χ0) is 20.4. The third-order valence-corrected chi connectivity index (χ3v) is 3.73. The Balaban J connectivity index is 1.70. The first-order valence-corrected chi connectivity index (χ1v) is 8.79. The Kier molecular flexibility index (Phi) is 8.17. The molecule has 0 aliphatic rings. The lowest BCUT2D eigenvalue weighted by Crippen LogP contribution is -2.39. The molecule has 28 heavy (non-hydrogen) atoms. The predicted octanol–water partition coefficient (Wildman–Crippen LogP) is 2.58. The van der Waals surface area contributed by atoms with E-state index in [1.807, 2.05) is 36.2 Å². The van der Waals surface area contributed by atoms with E-state index in [1.165, 1.54) is 24.3 Å². The Bertz CT molecular complexity index is 792. The van der Waals surface area contributed by atoms with Gasteiger partial charge in [-0.15, -0.1) is 0 Å². The van der Waals surface area contributed by atoms with Crippen LogP contribution in [0.4, 0.5) is 10.1 Å². The van der Waals surface area contributed by atoms with Gasteiger partial charge in [-0.25, -0.2) is 4.39 Å². The molecule has 2 amide bonds. The molecule has 0 radical (unpaired) electrons. The minimum Gasteiger partial charge on any atom is -0.490 e. The number of carbonyl (C=O) groups excluding carboxylic acids is 2. The molecule has 7 heteroatoms. The van der Waals surface area contributed by atoms with Crippen LogP contribution in [0.15, 0.2) is 61.2 Å². The number of hydrogen-bond acceptors (Lipinski definition) is 4. The summed E-state index contributed by atoms with van der Waals surface area (Å²) in [7, 11) is 1.82. The van der Waals surface area contributed by atoms with Crippen molar-refractivity contribution in [3.8, 4) is 5.75 Å². The van der Waals surface area contributed by atoms with Gasteiger partial charge >= 0.3 is 0 Å². The summed E-state index contributed by atoms with van der Waals surface area (Å²) >= 11 is 0. The number of ether oxygens (including phenoxy) is 1. The summed E-state index contributed by atoms with van der Waals surface area (Å²) in [4.78, 5) is 25.7. The topological polar surface area (TPSA) is 70.7 Å². The van der Waals surface area contributed by atoms with Gasteiger partial charge in [-0.2, -0.15) is 0 Å². The molecule has 0 unspecified atom stereocenters.